The number of benzene rings is 1. The quantitative estimate of drug-likeness (QED) is 0.808. The minimum Gasteiger partial charge on any atom is -0.491 e. The van der Waals surface area contributed by atoms with Crippen LogP contribution in [0.5, 0.6) is 5.75 Å². The largest absolute Gasteiger partial charge is 0.491 e. The van der Waals surface area contributed by atoms with E-state index in [1.807, 2.05) is 50.1 Å². The fraction of sp³-hybridized carbons (Fsp3) is 0.636. The molecule has 1 aliphatic heterocycles. The fourth-order valence-corrected chi connectivity index (χ4v) is 3.53. The van der Waals surface area contributed by atoms with E-state index in [-0.39, 0.29) is 23.8 Å². The molecule has 1 aromatic carbocycles. The highest BCUT2D eigenvalue weighted by Gasteiger charge is 2.28. The van der Waals surface area contributed by atoms with Gasteiger partial charge in [-0.3, -0.25) is 9.59 Å². The molecule has 0 unspecified atom stereocenters. The Bertz CT molecular complexity index is 642. The normalized spacial score (nSPS) is 19.4. The van der Waals surface area contributed by atoms with Crippen molar-refractivity contribution >= 4 is 11.8 Å². The van der Waals surface area contributed by atoms with E-state index in [4.69, 9.17) is 4.74 Å². The third-order valence-corrected chi connectivity index (χ3v) is 5.00. The summed E-state index contributed by atoms with van der Waals surface area (Å²) in [5, 5.41) is 0. The van der Waals surface area contributed by atoms with Crippen molar-refractivity contribution in [2.24, 2.45) is 11.8 Å². The van der Waals surface area contributed by atoms with Gasteiger partial charge < -0.3 is 14.5 Å². The van der Waals surface area contributed by atoms with Crippen molar-refractivity contribution < 1.29 is 14.3 Å². The average Bonchev–Trinajstić information content (AvgIpc) is 2.63. The molecule has 0 saturated carbocycles. The van der Waals surface area contributed by atoms with Crippen LogP contribution < -0.4 is 4.74 Å². The molecule has 1 aliphatic rings. The average molecular weight is 375 g/mol. The van der Waals surface area contributed by atoms with E-state index < -0.39 is 0 Å². The van der Waals surface area contributed by atoms with Gasteiger partial charge in [0.25, 0.3) is 5.91 Å². The Morgan fingerprint density at radius 1 is 1.15 bits per heavy atom. The number of nitrogens with zero attached hydrogens (tertiary/aromatic N) is 2. The van der Waals surface area contributed by atoms with Crippen molar-refractivity contribution in [3.63, 3.8) is 0 Å². The molecule has 1 heterocycles. The van der Waals surface area contributed by atoms with E-state index in [1.54, 1.807) is 4.90 Å². The number of hydrogen-bond acceptors (Lipinski definition) is 3. The molecule has 1 aromatic rings. The molecule has 0 fully saturated rings. The van der Waals surface area contributed by atoms with E-state index in [1.165, 1.54) is 0 Å². The van der Waals surface area contributed by atoms with E-state index in [2.05, 4.69) is 13.8 Å². The zero-order valence-electron chi connectivity index (χ0n) is 17.4. The molecule has 5 nitrogen and oxygen atoms in total. The molecule has 0 saturated heterocycles. The smallest absolute Gasteiger partial charge is 0.257 e. The summed E-state index contributed by atoms with van der Waals surface area (Å²) in [5.74, 6) is 1.18. The summed E-state index contributed by atoms with van der Waals surface area (Å²) in [6.07, 6.45) is 2.64. The zero-order valence-corrected chi connectivity index (χ0v) is 17.4. The van der Waals surface area contributed by atoms with Crippen LogP contribution in [0.1, 0.15) is 57.3 Å². The van der Waals surface area contributed by atoms with Crippen LogP contribution in [0.2, 0.25) is 0 Å². The number of fused-ring (bicyclic) bond motifs is 1. The standard InChI is InChI=1S/C22H34N2O3/c1-16(2)14-18-15-27-20-11-7-6-10-19(20)22(26)23(5)12-8-9-13-24(18)21(25)17(3)4/h6-7,10-11,16-18H,8-9,12-15H2,1-5H3/t18-/m0/s1. The highest BCUT2D eigenvalue weighted by molar-refractivity contribution is 5.96. The number of para-hydroxylation sites is 1. The highest BCUT2D eigenvalue weighted by atomic mass is 16.5. The van der Waals surface area contributed by atoms with Gasteiger partial charge in [0, 0.05) is 26.1 Å². The van der Waals surface area contributed by atoms with E-state index in [0.717, 1.165) is 19.3 Å². The summed E-state index contributed by atoms with van der Waals surface area (Å²) in [6.45, 7) is 10.0. The Labute approximate surface area is 163 Å². The van der Waals surface area contributed by atoms with Crippen LogP contribution in [-0.4, -0.2) is 54.4 Å². The van der Waals surface area contributed by atoms with Crippen molar-refractivity contribution in [1.29, 1.82) is 0 Å². The van der Waals surface area contributed by atoms with E-state index in [0.29, 0.717) is 36.9 Å². The first-order valence-electron chi connectivity index (χ1n) is 10.1. The predicted molar refractivity (Wildman–Crippen MR) is 108 cm³/mol. The lowest BCUT2D eigenvalue weighted by atomic mass is 10.0. The van der Waals surface area contributed by atoms with Gasteiger partial charge >= 0.3 is 0 Å². The van der Waals surface area contributed by atoms with Crippen LogP contribution in [0.3, 0.4) is 0 Å². The van der Waals surface area contributed by atoms with Gasteiger partial charge in [0.2, 0.25) is 5.91 Å². The molecule has 150 valence electrons. The van der Waals surface area contributed by atoms with Crippen molar-refractivity contribution in [3.05, 3.63) is 29.8 Å². The number of amides is 2. The molecule has 0 N–H and O–H groups in total. The number of hydrogen-bond donors (Lipinski definition) is 0. The lowest BCUT2D eigenvalue weighted by Crippen LogP contribution is -2.47. The Morgan fingerprint density at radius 2 is 1.81 bits per heavy atom. The van der Waals surface area contributed by atoms with Crippen LogP contribution in [0.15, 0.2) is 24.3 Å². The fourth-order valence-electron chi connectivity index (χ4n) is 3.53. The maximum absolute atomic E-state index is 12.9. The minimum atomic E-state index is -0.0379. The minimum absolute atomic E-state index is 0.0123. The topological polar surface area (TPSA) is 49.9 Å². The second kappa shape index (κ2) is 9.77. The van der Waals surface area contributed by atoms with Crippen LogP contribution in [0.25, 0.3) is 0 Å². The molecule has 2 amide bonds. The molecular weight excluding hydrogens is 340 g/mol. The Kier molecular flexibility index (Phi) is 7.69. The third kappa shape index (κ3) is 5.72. The lowest BCUT2D eigenvalue weighted by molar-refractivity contribution is -0.138. The van der Waals surface area contributed by atoms with Gasteiger partial charge in [-0.1, -0.05) is 39.8 Å². The molecule has 1 atom stereocenters. The van der Waals surface area contributed by atoms with Gasteiger partial charge in [-0.15, -0.1) is 0 Å². The summed E-state index contributed by atoms with van der Waals surface area (Å²) in [6, 6.07) is 7.41. The Hall–Kier alpha value is -2.04. The van der Waals surface area contributed by atoms with Gasteiger partial charge in [0.05, 0.1) is 11.6 Å². The lowest BCUT2D eigenvalue weighted by Gasteiger charge is -2.35. The summed E-state index contributed by atoms with van der Waals surface area (Å²) in [7, 11) is 1.82. The summed E-state index contributed by atoms with van der Waals surface area (Å²) in [5.41, 5.74) is 0.589. The summed E-state index contributed by atoms with van der Waals surface area (Å²) >= 11 is 0. The maximum Gasteiger partial charge on any atom is 0.257 e. The first kappa shape index (κ1) is 21.3. The van der Waals surface area contributed by atoms with Gasteiger partial charge in [-0.2, -0.15) is 0 Å². The molecular formula is C22H34N2O3. The maximum atomic E-state index is 12.9. The van der Waals surface area contributed by atoms with Crippen molar-refractivity contribution in [2.75, 3.05) is 26.7 Å². The zero-order chi connectivity index (χ0) is 20.0. The Morgan fingerprint density at radius 3 is 2.48 bits per heavy atom. The van der Waals surface area contributed by atoms with Crippen molar-refractivity contribution in [3.8, 4) is 5.75 Å². The number of rotatable bonds is 3. The molecule has 5 heteroatoms. The highest BCUT2D eigenvalue weighted by Crippen LogP contribution is 2.23. The second-order valence-electron chi connectivity index (χ2n) is 8.21. The predicted octanol–water partition coefficient (Wildman–Crippen LogP) is 3.83. The molecule has 2 rings (SSSR count). The molecule has 0 bridgehead atoms. The van der Waals surface area contributed by atoms with Gasteiger partial charge in [-0.25, -0.2) is 0 Å². The monoisotopic (exact) mass is 374 g/mol. The van der Waals surface area contributed by atoms with Gasteiger partial charge in [0.15, 0.2) is 0 Å². The molecule has 0 aromatic heterocycles. The van der Waals surface area contributed by atoms with Gasteiger partial charge in [0.1, 0.15) is 12.4 Å². The van der Waals surface area contributed by atoms with Crippen LogP contribution >= 0.6 is 0 Å². The molecule has 0 aliphatic carbocycles. The van der Waals surface area contributed by atoms with E-state index >= 15 is 0 Å². The van der Waals surface area contributed by atoms with E-state index in [9.17, 15) is 9.59 Å². The first-order valence-corrected chi connectivity index (χ1v) is 10.1. The Balaban J connectivity index is 2.34. The third-order valence-electron chi connectivity index (χ3n) is 5.00. The number of carbonyl (C=O) groups is 2. The van der Waals surface area contributed by atoms with Crippen molar-refractivity contribution in [1.82, 2.24) is 9.80 Å². The SMILES string of the molecule is CC(C)C[C@H]1COc2ccccc2C(=O)N(C)CCCCN1C(=O)C(C)C. The first-order chi connectivity index (χ1) is 12.8. The van der Waals surface area contributed by atoms with Crippen molar-refractivity contribution in [2.45, 2.75) is 53.0 Å². The number of ether oxygens (including phenoxy) is 1. The molecule has 0 radical (unpaired) electrons. The second-order valence-corrected chi connectivity index (χ2v) is 8.21. The molecule has 27 heavy (non-hydrogen) atoms. The van der Waals surface area contributed by atoms with Crippen LogP contribution in [0, 0.1) is 11.8 Å². The summed E-state index contributed by atoms with van der Waals surface area (Å²) in [4.78, 5) is 29.4. The van der Waals surface area contributed by atoms with Gasteiger partial charge in [-0.05, 0) is 37.3 Å². The van der Waals surface area contributed by atoms with Crippen LogP contribution in [0.4, 0.5) is 0 Å². The van der Waals surface area contributed by atoms with Crippen LogP contribution in [-0.2, 0) is 4.79 Å². The number of carbonyl (C=O) groups excluding carboxylic acids is 2. The summed E-state index contributed by atoms with van der Waals surface area (Å²) < 4.78 is 6.11. The molecule has 0 spiro atoms.